The Labute approximate surface area is 186 Å². The van der Waals surface area contributed by atoms with Crippen LogP contribution in [0.3, 0.4) is 0 Å². The van der Waals surface area contributed by atoms with E-state index in [-0.39, 0.29) is 11.4 Å². The molecule has 0 radical (unpaired) electrons. The predicted molar refractivity (Wildman–Crippen MR) is 118 cm³/mol. The molecular formula is C21H24Cl2N2O4S. The van der Waals surface area contributed by atoms with Crippen LogP contribution in [0.15, 0.2) is 53.4 Å². The second kappa shape index (κ2) is 8.04. The zero-order valence-electron chi connectivity index (χ0n) is 16.9. The number of rotatable bonds is 5. The summed E-state index contributed by atoms with van der Waals surface area (Å²) in [6.07, 6.45) is -0.722. The number of hydrogen-bond donors (Lipinski definition) is 2. The van der Waals surface area contributed by atoms with E-state index in [1.54, 1.807) is 45.0 Å². The summed E-state index contributed by atoms with van der Waals surface area (Å²) in [5.74, 6) is -0.562. The van der Waals surface area contributed by atoms with E-state index >= 15 is 0 Å². The standard InChI is InChI=1S/C21H24Cl2N2O4S/c1-20(2,3)29-19(26)25-21(12-24)17(13-4-6-14(22)7-5-13)18(21)30(27,28)16-10-8-15(23)9-11-16/h4-11,17-18H,12,24H2,1-3H3,(H,25,26)/t17-,18-,21-/m0/s1. The van der Waals surface area contributed by atoms with E-state index in [0.29, 0.717) is 15.6 Å². The molecule has 0 unspecified atom stereocenters. The summed E-state index contributed by atoms with van der Waals surface area (Å²) < 4.78 is 32.3. The summed E-state index contributed by atoms with van der Waals surface area (Å²) in [6.45, 7) is 5.10. The molecule has 0 bridgehead atoms. The number of amides is 1. The lowest BCUT2D eigenvalue weighted by Gasteiger charge is -2.24. The molecule has 2 aromatic carbocycles. The maximum absolute atomic E-state index is 13.5. The van der Waals surface area contributed by atoms with E-state index in [9.17, 15) is 13.2 Å². The second-order valence-corrected chi connectivity index (χ2v) is 11.3. The number of nitrogens with one attached hydrogen (secondary N) is 1. The summed E-state index contributed by atoms with van der Waals surface area (Å²) in [5, 5.41) is 2.73. The van der Waals surface area contributed by atoms with Crippen LogP contribution >= 0.6 is 23.2 Å². The molecule has 1 fully saturated rings. The molecule has 0 heterocycles. The van der Waals surface area contributed by atoms with Gasteiger partial charge in [-0.05, 0) is 62.7 Å². The fraction of sp³-hybridized carbons (Fsp3) is 0.381. The summed E-state index contributed by atoms with van der Waals surface area (Å²) in [7, 11) is -3.84. The van der Waals surface area contributed by atoms with Gasteiger partial charge in [-0.15, -0.1) is 0 Å². The topological polar surface area (TPSA) is 98.5 Å². The molecule has 0 saturated heterocycles. The van der Waals surface area contributed by atoms with Crippen molar-refractivity contribution in [2.45, 2.75) is 48.0 Å². The van der Waals surface area contributed by atoms with Gasteiger partial charge in [-0.2, -0.15) is 0 Å². The van der Waals surface area contributed by atoms with Crippen LogP contribution in [0.4, 0.5) is 4.79 Å². The molecule has 1 saturated carbocycles. The lowest BCUT2D eigenvalue weighted by molar-refractivity contribution is 0.0497. The smallest absolute Gasteiger partial charge is 0.408 e. The lowest BCUT2D eigenvalue weighted by Crippen LogP contribution is -2.49. The minimum absolute atomic E-state index is 0.0863. The van der Waals surface area contributed by atoms with Crippen LogP contribution in [0, 0.1) is 0 Å². The van der Waals surface area contributed by atoms with Gasteiger partial charge in [0.2, 0.25) is 0 Å². The van der Waals surface area contributed by atoms with Crippen LogP contribution in [0.5, 0.6) is 0 Å². The first-order valence-corrected chi connectivity index (χ1v) is 11.7. The lowest BCUT2D eigenvalue weighted by atomic mass is 10.1. The average Bonchev–Trinajstić information content (AvgIpc) is 3.30. The van der Waals surface area contributed by atoms with Crippen LogP contribution in [-0.2, 0) is 14.6 Å². The minimum atomic E-state index is -3.84. The van der Waals surface area contributed by atoms with Gasteiger partial charge in [0.15, 0.2) is 9.84 Å². The third kappa shape index (κ3) is 4.44. The number of carbonyl (C=O) groups excluding carboxylic acids is 1. The molecule has 0 aliphatic heterocycles. The molecule has 1 aliphatic carbocycles. The maximum Gasteiger partial charge on any atom is 0.408 e. The summed E-state index contributed by atoms with van der Waals surface area (Å²) in [6, 6.07) is 12.8. The molecule has 162 valence electrons. The molecule has 9 heteroatoms. The average molecular weight is 471 g/mol. The largest absolute Gasteiger partial charge is 0.444 e. The Hall–Kier alpha value is -1.80. The van der Waals surface area contributed by atoms with Crippen molar-refractivity contribution in [3.8, 4) is 0 Å². The Bertz CT molecular complexity index is 1030. The normalized spacial score (nSPS) is 23.7. The fourth-order valence-corrected chi connectivity index (χ4v) is 6.31. The number of hydrogen-bond acceptors (Lipinski definition) is 5. The van der Waals surface area contributed by atoms with Crippen LogP contribution < -0.4 is 11.1 Å². The van der Waals surface area contributed by atoms with Crippen molar-refractivity contribution in [1.82, 2.24) is 5.32 Å². The van der Waals surface area contributed by atoms with Gasteiger partial charge in [0, 0.05) is 22.5 Å². The number of ether oxygens (including phenoxy) is 1. The number of halogens is 2. The predicted octanol–water partition coefficient (Wildman–Crippen LogP) is 4.16. The third-order valence-corrected chi connectivity index (χ3v) is 7.83. The Morgan fingerprint density at radius 3 is 2.03 bits per heavy atom. The van der Waals surface area contributed by atoms with E-state index < -0.39 is 38.2 Å². The van der Waals surface area contributed by atoms with Crippen molar-refractivity contribution in [3.63, 3.8) is 0 Å². The van der Waals surface area contributed by atoms with Gasteiger partial charge in [-0.25, -0.2) is 13.2 Å². The summed E-state index contributed by atoms with van der Waals surface area (Å²) >= 11 is 11.9. The maximum atomic E-state index is 13.5. The van der Waals surface area contributed by atoms with Crippen molar-refractivity contribution in [2.24, 2.45) is 5.73 Å². The van der Waals surface area contributed by atoms with Gasteiger partial charge in [0.25, 0.3) is 0 Å². The molecule has 3 atom stereocenters. The molecule has 3 N–H and O–H groups in total. The van der Waals surface area contributed by atoms with E-state index in [2.05, 4.69) is 5.32 Å². The van der Waals surface area contributed by atoms with E-state index in [1.165, 1.54) is 24.3 Å². The number of sulfone groups is 1. The number of benzene rings is 2. The Morgan fingerprint density at radius 1 is 1.07 bits per heavy atom. The number of alkyl carbamates (subject to hydrolysis) is 1. The zero-order chi connectivity index (χ0) is 22.3. The van der Waals surface area contributed by atoms with E-state index in [4.69, 9.17) is 33.7 Å². The molecule has 1 amide bonds. The quantitative estimate of drug-likeness (QED) is 0.683. The van der Waals surface area contributed by atoms with Gasteiger partial charge in [-0.1, -0.05) is 35.3 Å². The van der Waals surface area contributed by atoms with Crippen LogP contribution in [-0.4, -0.2) is 37.4 Å². The first-order chi connectivity index (χ1) is 13.9. The first-order valence-electron chi connectivity index (χ1n) is 9.37. The molecule has 0 spiro atoms. The number of carbonyl (C=O) groups is 1. The third-order valence-electron chi connectivity index (χ3n) is 5.03. The summed E-state index contributed by atoms with van der Waals surface area (Å²) in [5.41, 5.74) is 4.80. The van der Waals surface area contributed by atoms with Crippen molar-refractivity contribution in [2.75, 3.05) is 6.54 Å². The molecule has 2 aromatic rings. The van der Waals surface area contributed by atoms with Crippen molar-refractivity contribution in [3.05, 3.63) is 64.1 Å². The molecule has 3 rings (SSSR count). The SMILES string of the molecule is CC(C)(C)OC(=O)N[C@@]1(CN)[C@@H](c2ccc(Cl)cc2)[C@@H]1S(=O)(=O)c1ccc(Cl)cc1. The van der Waals surface area contributed by atoms with Gasteiger partial charge in [0.1, 0.15) is 10.9 Å². The van der Waals surface area contributed by atoms with Gasteiger partial charge < -0.3 is 15.8 Å². The second-order valence-electron chi connectivity index (χ2n) is 8.32. The van der Waals surface area contributed by atoms with Gasteiger partial charge in [-0.3, -0.25) is 0 Å². The monoisotopic (exact) mass is 470 g/mol. The highest BCUT2D eigenvalue weighted by Crippen LogP contribution is 2.57. The highest BCUT2D eigenvalue weighted by atomic mass is 35.5. The highest BCUT2D eigenvalue weighted by molar-refractivity contribution is 7.92. The fourth-order valence-electron chi connectivity index (χ4n) is 3.71. The van der Waals surface area contributed by atoms with Crippen LogP contribution in [0.1, 0.15) is 32.3 Å². The highest BCUT2D eigenvalue weighted by Gasteiger charge is 2.71. The molecule has 30 heavy (non-hydrogen) atoms. The first kappa shape index (κ1) is 22.9. The molecule has 6 nitrogen and oxygen atoms in total. The summed E-state index contributed by atoms with van der Waals surface area (Å²) in [4.78, 5) is 12.6. The minimum Gasteiger partial charge on any atom is -0.444 e. The van der Waals surface area contributed by atoms with Crippen LogP contribution in [0.25, 0.3) is 0 Å². The van der Waals surface area contributed by atoms with Crippen LogP contribution in [0.2, 0.25) is 10.0 Å². The molecule has 0 aromatic heterocycles. The van der Waals surface area contributed by atoms with E-state index in [1.807, 2.05) is 0 Å². The van der Waals surface area contributed by atoms with E-state index in [0.717, 1.165) is 0 Å². The van der Waals surface area contributed by atoms with Gasteiger partial charge in [0.05, 0.1) is 10.4 Å². The van der Waals surface area contributed by atoms with Crippen molar-refractivity contribution in [1.29, 1.82) is 0 Å². The molecular weight excluding hydrogens is 447 g/mol. The van der Waals surface area contributed by atoms with Crippen molar-refractivity contribution < 1.29 is 17.9 Å². The molecule has 1 aliphatic rings. The zero-order valence-corrected chi connectivity index (χ0v) is 19.2. The Balaban J connectivity index is 2.03. The Kier molecular flexibility index (Phi) is 6.13. The Morgan fingerprint density at radius 2 is 1.57 bits per heavy atom. The van der Waals surface area contributed by atoms with Gasteiger partial charge >= 0.3 is 6.09 Å². The number of nitrogens with two attached hydrogens (primary N) is 1. The van der Waals surface area contributed by atoms with Crippen molar-refractivity contribution >= 4 is 39.1 Å².